The summed E-state index contributed by atoms with van der Waals surface area (Å²) in [5, 5.41) is 0. The van der Waals surface area contributed by atoms with E-state index in [1.165, 1.54) is 6.42 Å². The molecular formula is C11H13NO2. The maximum atomic E-state index is 5.83. The van der Waals surface area contributed by atoms with E-state index in [0.717, 1.165) is 30.0 Å². The quantitative estimate of drug-likeness (QED) is 0.637. The van der Waals surface area contributed by atoms with Crippen LogP contribution in [0.1, 0.15) is 19.3 Å². The summed E-state index contributed by atoms with van der Waals surface area (Å²) in [7, 11) is 0. The molecule has 0 bridgehead atoms. The molecular weight excluding hydrogens is 178 g/mol. The second kappa shape index (κ2) is 2.80. The zero-order valence-electron chi connectivity index (χ0n) is 7.90. The zero-order valence-corrected chi connectivity index (χ0v) is 7.90. The van der Waals surface area contributed by atoms with Gasteiger partial charge in [-0.05, 0) is 31.4 Å². The molecule has 14 heavy (non-hydrogen) atoms. The van der Waals surface area contributed by atoms with Crippen LogP contribution in [0.5, 0.6) is 11.5 Å². The van der Waals surface area contributed by atoms with E-state index in [1.54, 1.807) is 0 Å². The van der Waals surface area contributed by atoms with Crippen molar-refractivity contribution in [2.45, 2.75) is 31.5 Å². The van der Waals surface area contributed by atoms with Crippen LogP contribution in [0.4, 0.5) is 5.69 Å². The Kier molecular flexibility index (Phi) is 1.60. The predicted molar refractivity (Wildman–Crippen MR) is 53.5 cm³/mol. The number of nitrogen functional groups attached to an aromatic ring is 1. The van der Waals surface area contributed by atoms with Crippen molar-refractivity contribution in [3.05, 3.63) is 18.2 Å². The zero-order chi connectivity index (χ0) is 9.54. The van der Waals surface area contributed by atoms with Gasteiger partial charge in [0.2, 0.25) is 0 Å². The van der Waals surface area contributed by atoms with E-state index >= 15 is 0 Å². The number of benzene rings is 1. The first kappa shape index (κ1) is 7.97. The Morgan fingerprint density at radius 1 is 1.07 bits per heavy atom. The first-order valence-corrected chi connectivity index (χ1v) is 5.06. The highest BCUT2D eigenvalue weighted by atomic mass is 16.6. The van der Waals surface area contributed by atoms with Crippen molar-refractivity contribution in [1.29, 1.82) is 0 Å². The largest absolute Gasteiger partial charge is 0.483 e. The van der Waals surface area contributed by atoms with Crippen molar-refractivity contribution in [2.75, 3.05) is 5.73 Å². The monoisotopic (exact) mass is 191 g/mol. The van der Waals surface area contributed by atoms with Crippen LogP contribution >= 0.6 is 0 Å². The molecule has 0 amide bonds. The summed E-state index contributed by atoms with van der Waals surface area (Å²) < 4.78 is 11.7. The molecule has 2 N–H and O–H groups in total. The van der Waals surface area contributed by atoms with Gasteiger partial charge in [-0.1, -0.05) is 0 Å². The van der Waals surface area contributed by atoms with Gasteiger partial charge in [-0.25, -0.2) is 0 Å². The van der Waals surface area contributed by atoms with Crippen LogP contribution < -0.4 is 15.2 Å². The third-order valence-electron chi connectivity index (χ3n) is 2.92. The molecule has 1 saturated carbocycles. The average molecular weight is 191 g/mol. The van der Waals surface area contributed by atoms with Crippen molar-refractivity contribution < 1.29 is 9.47 Å². The highest BCUT2D eigenvalue weighted by molar-refractivity contribution is 5.52. The van der Waals surface area contributed by atoms with Crippen LogP contribution in [0.15, 0.2) is 18.2 Å². The molecule has 3 heteroatoms. The number of ether oxygens (including phenoxy) is 2. The third kappa shape index (κ3) is 1.12. The molecule has 0 radical (unpaired) electrons. The Bertz CT molecular complexity index is 364. The highest BCUT2D eigenvalue weighted by Crippen LogP contribution is 2.40. The molecule has 1 heterocycles. The van der Waals surface area contributed by atoms with E-state index < -0.39 is 0 Å². The van der Waals surface area contributed by atoms with E-state index in [0.29, 0.717) is 0 Å². The Hall–Kier alpha value is -1.38. The van der Waals surface area contributed by atoms with Gasteiger partial charge in [-0.15, -0.1) is 0 Å². The highest BCUT2D eigenvalue weighted by Gasteiger charge is 2.35. The summed E-state index contributed by atoms with van der Waals surface area (Å²) in [5.74, 6) is 1.63. The van der Waals surface area contributed by atoms with Gasteiger partial charge in [0.25, 0.3) is 0 Å². The number of anilines is 1. The molecule has 1 aliphatic carbocycles. The van der Waals surface area contributed by atoms with E-state index in [2.05, 4.69) is 0 Å². The van der Waals surface area contributed by atoms with Crippen molar-refractivity contribution in [2.24, 2.45) is 0 Å². The molecule has 1 fully saturated rings. The van der Waals surface area contributed by atoms with Crippen molar-refractivity contribution in [1.82, 2.24) is 0 Å². The molecule has 2 aliphatic rings. The summed E-state index contributed by atoms with van der Waals surface area (Å²) in [4.78, 5) is 0. The Balaban J connectivity index is 1.97. The SMILES string of the molecule is Nc1ccc2c(c1)OC1CCCC1O2. The lowest BCUT2D eigenvalue weighted by atomic mass is 10.2. The maximum Gasteiger partial charge on any atom is 0.163 e. The van der Waals surface area contributed by atoms with Gasteiger partial charge < -0.3 is 15.2 Å². The average Bonchev–Trinajstić information content (AvgIpc) is 2.61. The molecule has 3 nitrogen and oxygen atoms in total. The fourth-order valence-corrected chi connectivity index (χ4v) is 2.20. The minimum Gasteiger partial charge on any atom is -0.483 e. The summed E-state index contributed by atoms with van der Waals surface area (Å²) in [5.41, 5.74) is 6.41. The molecule has 2 unspecified atom stereocenters. The van der Waals surface area contributed by atoms with E-state index in [9.17, 15) is 0 Å². The molecule has 1 aromatic rings. The van der Waals surface area contributed by atoms with Crippen molar-refractivity contribution in [3.8, 4) is 11.5 Å². The fraction of sp³-hybridized carbons (Fsp3) is 0.455. The van der Waals surface area contributed by atoms with Crippen LogP contribution in [0.25, 0.3) is 0 Å². The normalized spacial score (nSPS) is 28.6. The third-order valence-corrected chi connectivity index (χ3v) is 2.92. The van der Waals surface area contributed by atoms with Crippen LogP contribution in [0.2, 0.25) is 0 Å². The van der Waals surface area contributed by atoms with Gasteiger partial charge in [-0.2, -0.15) is 0 Å². The van der Waals surface area contributed by atoms with Gasteiger partial charge in [0.1, 0.15) is 12.2 Å². The minimum absolute atomic E-state index is 0.240. The molecule has 0 aromatic heterocycles. The fourth-order valence-electron chi connectivity index (χ4n) is 2.20. The minimum atomic E-state index is 0.240. The summed E-state index contributed by atoms with van der Waals surface area (Å²) in [6, 6.07) is 5.57. The maximum absolute atomic E-state index is 5.83. The Labute approximate surface area is 82.8 Å². The van der Waals surface area contributed by atoms with Gasteiger partial charge in [0, 0.05) is 11.8 Å². The van der Waals surface area contributed by atoms with Gasteiger partial charge in [-0.3, -0.25) is 0 Å². The molecule has 2 atom stereocenters. The summed E-state index contributed by atoms with van der Waals surface area (Å²) in [6.45, 7) is 0. The van der Waals surface area contributed by atoms with E-state index in [4.69, 9.17) is 15.2 Å². The first-order chi connectivity index (χ1) is 6.83. The number of hydrogen-bond donors (Lipinski definition) is 1. The topological polar surface area (TPSA) is 44.5 Å². The van der Waals surface area contributed by atoms with Crippen LogP contribution in [0.3, 0.4) is 0 Å². The second-order valence-electron chi connectivity index (χ2n) is 3.95. The number of fused-ring (bicyclic) bond motifs is 2. The summed E-state index contributed by atoms with van der Waals surface area (Å²) in [6.07, 6.45) is 3.89. The van der Waals surface area contributed by atoms with Crippen LogP contribution in [0, 0.1) is 0 Å². The molecule has 1 aromatic carbocycles. The molecule has 0 spiro atoms. The van der Waals surface area contributed by atoms with E-state index in [1.807, 2.05) is 18.2 Å². The molecule has 1 aliphatic heterocycles. The first-order valence-electron chi connectivity index (χ1n) is 5.06. The lowest BCUT2D eigenvalue weighted by Gasteiger charge is -2.29. The lowest BCUT2D eigenvalue weighted by Crippen LogP contribution is -2.34. The van der Waals surface area contributed by atoms with Crippen LogP contribution in [-0.4, -0.2) is 12.2 Å². The van der Waals surface area contributed by atoms with Gasteiger partial charge >= 0.3 is 0 Å². The number of rotatable bonds is 0. The lowest BCUT2D eigenvalue weighted by molar-refractivity contribution is 0.0430. The van der Waals surface area contributed by atoms with Gasteiger partial charge in [0.15, 0.2) is 11.5 Å². The van der Waals surface area contributed by atoms with E-state index in [-0.39, 0.29) is 12.2 Å². The predicted octanol–water partition coefficient (Wildman–Crippen LogP) is 1.96. The van der Waals surface area contributed by atoms with Crippen LogP contribution in [-0.2, 0) is 0 Å². The molecule has 3 rings (SSSR count). The van der Waals surface area contributed by atoms with Crippen molar-refractivity contribution >= 4 is 5.69 Å². The number of hydrogen-bond acceptors (Lipinski definition) is 3. The molecule has 0 saturated heterocycles. The second-order valence-corrected chi connectivity index (χ2v) is 3.95. The van der Waals surface area contributed by atoms with Gasteiger partial charge in [0.05, 0.1) is 0 Å². The Morgan fingerprint density at radius 3 is 2.57 bits per heavy atom. The standard InChI is InChI=1S/C11H13NO2/c12-7-4-5-10-11(6-7)14-9-3-1-2-8(9)13-10/h4-6,8-9H,1-3,12H2. The molecule has 74 valence electrons. The number of nitrogens with two attached hydrogens (primary N) is 1. The van der Waals surface area contributed by atoms with Crippen molar-refractivity contribution in [3.63, 3.8) is 0 Å². The smallest absolute Gasteiger partial charge is 0.163 e. The Morgan fingerprint density at radius 2 is 1.79 bits per heavy atom. The summed E-state index contributed by atoms with van der Waals surface area (Å²) >= 11 is 0.